The normalized spacial score (nSPS) is 22.3. The zero-order valence-corrected chi connectivity index (χ0v) is 11.7. The number of amides is 1. The van der Waals surface area contributed by atoms with Crippen molar-refractivity contribution in [3.63, 3.8) is 0 Å². The van der Waals surface area contributed by atoms with E-state index in [1.54, 1.807) is 12.1 Å². The van der Waals surface area contributed by atoms with Gasteiger partial charge in [-0.3, -0.25) is 10.2 Å². The third-order valence-electron chi connectivity index (χ3n) is 2.86. The summed E-state index contributed by atoms with van der Waals surface area (Å²) < 4.78 is 25.0. The van der Waals surface area contributed by atoms with Crippen LogP contribution in [0.2, 0.25) is 0 Å². The number of hydrogen-bond donors (Lipinski definition) is 2. The molecule has 0 spiro atoms. The minimum absolute atomic E-state index is 0.157. The Morgan fingerprint density at radius 1 is 1.58 bits per heavy atom. The highest BCUT2D eigenvalue weighted by atomic mass is 79.9. The van der Waals surface area contributed by atoms with Crippen molar-refractivity contribution in [3.8, 4) is 5.75 Å². The van der Waals surface area contributed by atoms with Crippen LogP contribution in [0.15, 0.2) is 22.7 Å². The van der Waals surface area contributed by atoms with Gasteiger partial charge in [0.25, 0.3) is 5.91 Å². The van der Waals surface area contributed by atoms with Gasteiger partial charge in [-0.05, 0) is 31.0 Å². The molecule has 7 heteroatoms. The molecule has 0 bridgehead atoms. The molecule has 0 saturated carbocycles. The summed E-state index contributed by atoms with van der Waals surface area (Å²) in [5.74, 6) is 4.41. The zero-order valence-electron chi connectivity index (χ0n) is 10.1. The molecule has 2 atom stereocenters. The number of carbonyl (C=O) groups excluding carboxylic acids is 1. The van der Waals surface area contributed by atoms with E-state index >= 15 is 0 Å². The van der Waals surface area contributed by atoms with Gasteiger partial charge in [-0.15, -0.1) is 0 Å². The predicted octanol–water partition coefficient (Wildman–Crippen LogP) is 1.50. The molecule has 2 rings (SSSR count). The van der Waals surface area contributed by atoms with Crippen LogP contribution in [0.5, 0.6) is 5.75 Å². The van der Waals surface area contributed by atoms with Gasteiger partial charge in [0.1, 0.15) is 12.7 Å². The van der Waals surface area contributed by atoms with E-state index in [4.69, 9.17) is 15.3 Å². The Hall–Kier alpha value is -1.18. The summed E-state index contributed by atoms with van der Waals surface area (Å²) >= 11 is 3.24. The minimum Gasteiger partial charge on any atom is -0.488 e. The number of nitrogens with two attached hydrogens (primary N) is 1. The zero-order chi connectivity index (χ0) is 13.8. The van der Waals surface area contributed by atoms with Gasteiger partial charge < -0.3 is 9.47 Å². The molecule has 3 N–H and O–H groups in total. The molecule has 1 aromatic carbocycles. The van der Waals surface area contributed by atoms with E-state index in [1.807, 2.05) is 5.43 Å². The fourth-order valence-corrected chi connectivity index (χ4v) is 2.22. The highest BCUT2D eigenvalue weighted by Gasteiger charge is 2.30. The monoisotopic (exact) mass is 332 g/mol. The highest BCUT2D eigenvalue weighted by Crippen LogP contribution is 2.25. The van der Waals surface area contributed by atoms with Gasteiger partial charge in [-0.25, -0.2) is 10.2 Å². The maximum Gasteiger partial charge on any atom is 0.263 e. The van der Waals surface area contributed by atoms with Crippen LogP contribution < -0.4 is 16.0 Å². The lowest BCUT2D eigenvalue weighted by Gasteiger charge is -2.14. The van der Waals surface area contributed by atoms with Crippen molar-refractivity contribution < 1.29 is 18.7 Å². The van der Waals surface area contributed by atoms with Crippen LogP contribution in [0.4, 0.5) is 4.39 Å². The topological polar surface area (TPSA) is 73.6 Å². The van der Waals surface area contributed by atoms with Crippen molar-refractivity contribution >= 4 is 21.8 Å². The van der Waals surface area contributed by atoms with Crippen LogP contribution >= 0.6 is 15.9 Å². The lowest BCUT2D eigenvalue weighted by Crippen LogP contribution is -2.39. The predicted molar refractivity (Wildman–Crippen MR) is 69.8 cm³/mol. The maximum atomic E-state index is 13.4. The Labute approximate surface area is 118 Å². The second kappa shape index (κ2) is 6.31. The molecule has 1 fully saturated rings. The molecular formula is C12H14BrFN2O3. The smallest absolute Gasteiger partial charge is 0.263 e. The van der Waals surface area contributed by atoms with Gasteiger partial charge in [-0.1, -0.05) is 15.9 Å². The first-order valence-electron chi connectivity index (χ1n) is 5.84. The quantitative estimate of drug-likeness (QED) is 0.498. The van der Waals surface area contributed by atoms with Crippen LogP contribution in [0.3, 0.4) is 0 Å². The number of carbonyl (C=O) groups is 1. The summed E-state index contributed by atoms with van der Waals surface area (Å²) in [6.45, 7) is 0.196. The Balaban J connectivity index is 1.87. The Bertz CT molecular complexity index is 472. The first-order chi connectivity index (χ1) is 9.10. The average molecular weight is 333 g/mol. The van der Waals surface area contributed by atoms with E-state index in [2.05, 4.69) is 15.9 Å². The molecular weight excluding hydrogens is 319 g/mol. The Kier molecular flexibility index (Phi) is 4.73. The van der Waals surface area contributed by atoms with E-state index in [-0.39, 0.29) is 24.4 Å². The van der Waals surface area contributed by atoms with Gasteiger partial charge in [-0.2, -0.15) is 0 Å². The molecule has 2 unspecified atom stereocenters. The van der Waals surface area contributed by atoms with E-state index in [0.717, 1.165) is 4.47 Å². The van der Waals surface area contributed by atoms with Crippen LogP contribution in [0, 0.1) is 5.82 Å². The van der Waals surface area contributed by atoms with Crippen LogP contribution in [0.25, 0.3) is 0 Å². The number of nitrogens with one attached hydrogen (secondary N) is 1. The van der Waals surface area contributed by atoms with Crippen molar-refractivity contribution in [1.29, 1.82) is 0 Å². The third kappa shape index (κ3) is 3.65. The number of halogens is 2. The number of ether oxygens (including phenoxy) is 2. The molecule has 0 aliphatic carbocycles. The molecule has 1 heterocycles. The van der Waals surface area contributed by atoms with Gasteiger partial charge in [0.05, 0.1) is 6.10 Å². The summed E-state index contributed by atoms with van der Waals surface area (Å²) in [4.78, 5) is 11.3. The molecule has 1 aliphatic rings. The molecule has 104 valence electrons. The molecule has 1 aromatic rings. The van der Waals surface area contributed by atoms with Gasteiger partial charge in [0.15, 0.2) is 11.6 Å². The second-order valence-electron chi connectivity index (χ2n) is 4.22. The van der Waals surface area contributed by atoms with E-state index in [0.29, 0.717) is 12.8 Å². The number of rotatable bonds is 4. The van der Waals surface area contributed by atoms with Gasteiger partial charge >= 0.3 is 0 Å². The van der Waals surface area contributed by atoms with Crippen molar-refractivity contribution in [2.45, 2.75) is 25.0 Å². The molecule has 0 radical (unpaired) electrons. The van der Waals surface area contributed by atoms with E-state index in [9.17, 15) is 9.18 Å². The van der Waals surface area contributed by atoms with Gasteiger partial charge in [0, 0.05) is 4.47 Å². The van der Waals surface area contributed by atoms with E-state index in [1.165, 1.54) is 6.07 Å². The van der Waals surface area contributed by atoms with Crippen LogP contribution in [-0.4, -0.2) is 24.7 Å². The lowest BCUT2D eigenvalue weighted by atomic mass is 10.2. The maximum absolute atomic E-state index is 13.4. The number of hydrogen-bond acceptors (Lipinski definition) is 4. The highest BCUT2D eigenvalue weighted by molar-refractivity contribution is 9.10. The molecule has 0 aromatic heterocycles. The van der Waals surface area contributed by atoms with Crippen molar-refractivity contribution in [1.82, 2.24) is 5.43 Å². The fourth-order valence-electron chi connectivity index (χ4n) is 1.88. The minimum atomic E-state index is -0.550. The molecule has 1 saturated heterocycles. The summed E-state index contributed by atoms with van der Waals surface area (Å²) in [7, 11) is 0. The van der Waals surface area contributed by atoms with Crippen LogP contribution in [0.1, 0.15) is 12.8 Å². The summed E-state index contributed by atoms with van der Waals surface area (Å²) in [5.41, 5.74) is 2.05. The Morgan fingerprint density at radius 2 is 2.37 bits per heavy atom. The number of benzene rings is 1. The SMILES string of the molecule is NNC(=O)C1CCC(COc2cc(Br)ccc2F)O1. The molecule has 5 nitrogen and oxygen atoms in total. The van der Waals surface area contributed by atoms with E-state index < -0.39 is 11.9 Å². The molecule has 1 amide bonds. The largest absolute Gasteiger partial charge is 0.488 e. The number of hydrazine groups is 1. The standard InChI is InChI=1S/C12H14BrFN2O3/c13-7-1-3-9(14)11(5-7)18-6-8-2-4-10(19-8)12(17)16-15/h1,3,5,8,10H,2,4,6,15H2,(H,16,17). The summed E-state index contributed by atoms with van der Waals surface area (Å²) in [5, 5.41) is 0. The Morgan fingerprint density at radius 3 is 3.11 bits per heavy atom. The average Bonchev–Trinajstić information content (AvgIpc) is 2.88. The van der Waals surface area contributed by atoms with Crippen molar-refractivity contribution in [2.24, 2.45) is 5.84 Å². The fraction of sp³-hybridized carbons (Fsp3) is 0.417. The third-order valence-corrected chi connectivity index (χ3v) is 3.35. The molecule has 1 aliphatic heterocycles. The lowest BCUT2D eigenvalue weighted by molar-refractivity contribution is -0.132. The second-order valence-corrected chi connectivity index (χ2v) is 5.13. The summed E-state index contributed by atoms with van der Waals surface area (Å²) in [6.07, 6.45) is 0.470. The van der Waals surface area contributed by atoms with Crippen LogP contribution in [-0.2, 0) is 9.53 Å². The van der Waals surface area contributed by atoms with Crippen molar-refractivity contribution in [2.75, 3.05) is 6.61 Å². The molecule has 19 heavy (non-hydrogen) atoms. The van der Waals surface area contributed by atoms with Gasteiger partial charge in [0.2, 0.25) is 0 Å². The van der Waals surface area contributed by atoms with Crippen molar-refractivity contribution in [3.05, 3.63) is 28.5 Å². The first-order valence-corrected chi connectivity index (χ1v) is 6.63. The first kappa shape index (κ1) is 14.2. The summed E-state index contributed by atoms with van der Waals surface area (Å²) in [6, 6.07) is 4.46.